The third kappa shape index (κ3) is 5.90. The minimum Gasteiger partial charge on any atom is -0.387 e. The Kier molecular flexibility index (Phi) is 8.40. The van der Waals surface area contributed by atoms with Gasteiger partial charge in [-0.2, -0.15) is 8.42 Å². The fourth-order valence-electron chi connectivity index (χ4n) is 3.38. The molecule has 3 rings (SSSR count). The highest BCUT2D eigenvalue weighted by molar-refractivity contribution is 7.80. The van der Waals surface area contributed by atoms with Crippen molar-refractivity contribution in [1.82, 2.24) is 0 Å². The summed E-state index contributed by atoms with van der Waals surface area (Å²) in [6.07, 6.45) is -19.1. The van der Waals surface area contributed by atoms with Crippen molar-refractivity contribution in [1.29, 1.82) is 0 Å². The Hall–Kier alpha value is -0.610. The van der Waals surface area contributed by atoms with Gasteiger partial charge in [0.15, 0.2) is 18.9 Å². The molecule has 0 aromatic heterocycles. The van der Waals surface area contributed by atoms with Crippen molar-refractivity contribution in [3.8, 4) is 0 Å². The van der Waals surface area contributed by atoms with Gasteiger partial charge in [0, 0.05) is 0 Å². The lowest BCUT2D eigenvalue weighted by Gasteiger charge is -2.43. The Labute approximate surface area is 181 Å². The van der Waals surface area contributed by atoms with Crippen molar-refractivity contribution in [2.24, 2.45) is 0 Å². The second-order valence-corrected chi connectivity index (χ2v) is 8.53. The zero-order valence-electron chi connectivity index (χ0n) is 16.3. The molecule has 0 aliphatic carbocycles. The van der Waals surface area contributed by atoms with Crippen LogP contribution in [0.3, 0.4) is 0 Å². The van der Waals surface area contributed by atoms with Gasteiger partial charge in [-0.25, -0.2) is 4.18 Å². The second-order valence-electron chi connectivity index (χ2n) is 7.48. The molecule has 32 heavy (non-hydrogen) atoms. The van der Waals surface area contributed by atoms with E-state index in [1.165, 1.54) is 0 Å². The molecule has 12 atom stereocenters. The van der Waals surface area contributed by atoms with Crippen molar-refractivity contribution in [2.75, 3.05) is 19.8 Å². The normalized spacial score (nSPS) is 48.5. The average Bonchev–Trinajstić information content (AvgIpc) is 2.72. The molecule has 3 saturated heterocycles. The van der Waals surface area contributed by atoms with Crippen LogP contribution in [0.4, 0.5) is 0 Å². The van der Waals surface area contributed by atoms with Crippen LogP contribution in [0.15, 0.2) is 0 Å². The molecule has 0 bridgehead atoms. The van der Waals surface area contributed by atoms with E-state index in [9.17, 15) is 44.2 Å². The van der Waals surface area contributed by atoms with E-state index >= 15 is 0 Å². The van der Waals surface area contributed by atoms with Crippen LogP contribution < -0.4 is 0 Å². The smallest absolute Gasteiger partial charge is 0.387 e. The van der Waals surface area contributed by atoms with Gasteiger partial charge in [-0.3, -0.25) is 4.55 Å². The number of ether oxygens (including phenoxy) is 5. The molecule has 188 valence electrons. The number of hydrogen-bond donors (Lipinski definition) is 8. The molecule has 3 aliphatic rings. The number of aliphatic hydroxyl groups is 7. The van der Waals surface area contributed by atoms with Crippen LogP contribution >= 0.6 is 0 Å². The van der Waals surface area contributed by atoms with Crippen LogP contribution in [-0.4, -0.2) is 142 Å². The minimum absolute atomic E-state index is 0.339. The van der Waals surface area contributed by atoms with Crippen LogP contribution in [0.1, 0.15) is 0 Å². The second kappa shape index (κ2) is 10.3. The van der Waals surface area contributed by atoms with Gasteiger partial charge in [0.25, 0.3) is 0 Å². The van der Waals surface area contributed by atoms with Crippen molar-refractivity contribution < 1.29 is 76.6 Å². The molecule has 8 N–H and O–H groups in total. The third-order valence-corrected chi connectivity index (χ3v) is 5.68. The van der Waals surface area contributed by atoms with Crippen molar-refractivity contribution in [3.05, 3.63) is 0 Å². The van der Waals surface area contributed by atoms with Gasteiger partial charge in [0.05, 0.1) is 19.8 Å². The third-order valence-electron chi connectivity index (χ3n) is 5.19. The minimum atomic E-state index is -4.92. The number of aliphatic hydroxyl groups excluding tert-OH is 7. The van der Waals surface area contributed by atoms with E-state index in [1.807, 2.05) is 0 Å². The van der Waals surface area contributed by atoms with Crippen LogP contribution in [0.5, 0.6) is 0 Å². The largest absolute Gasteiger partial charge is 0.397 e. The Morgan fingerprint density at radius 3 is 1.50 bits per heavy atom. The lowest BCUT2D eigenvalue weighted by molar-refractivity contribution is -0.346. The highest BCUT2D eigenvalue weighted by Crippen LogP contribution is 2.27. The summed E-state index contributed by atoms with van der Waals surface area (Å²) in [5.74, 6) is 0. The summed E-state index contributed by atoms with van der Waals surface area (Å²) in [6, 6.07) is 0. The predicted octanol–water partition coefficient (Wildman–Crippen LogP) is -5.83. The summed E-state index contributed by atoms with van der Waals surface area (Å²) in [6.45, 7) is -1.35. The molecule has 0 aromatic carbocycles. The predicted molar refractivity (Wildman–Crippen MR) is 93.6 cm³/mol. The maximum absolute atomic E-state index is 10.8. The van der Waals surface area contributed by atoms with Crippen LogP contribution in [0.2, 0.25) is 0 Å². The lowest BCUT2D eigenvalue weighted by Crippen LogP contribution is -2.61. The molecule has 0 saturated carbocycles. The van der Waals surface area contributed by atoms with Gasteiger partial charge in [-0.1, -0.05) is 0 Å². The van der Waals surface area contributed by atoms with Crippen LogP contribution in [0.25, 0.3) is 0 Å². The fourth-order valence-corrected chi connectivity index (χ4v) is 3.86. The van der Waals surface area contributed by atoms with E-state index < -0.39 is 97.4 Å². The first kappa shape index (κ1) is 26.0. The molecule has 3 aliphatic heterocycles. The van der Waals surface area contributed by atoms with Gasteiger partial charge in [0.2, 0.25) is 0 Å². The van der Waals surface area contributed by atoms with Gasteiger partial charge < -0.3 is 59.4 Å². The summed E-state index contributed by atoms with van der Waals surface area (Å²) in [7, 11) is -4.92. The van der Waals surface area contributed by atoms with Gasteiger partial charge in [-0.05, 0) is 0 Å². The molecular formula is C15H26O16S. The average molecular weight is 494 g/mol. The highest BCUT2D eigenvalue weighted by atomic mass is 32.3. The first-order chi connectivity index (χ1) is 14.9. The summed E-state index contributed by atoms with van der Waals surface area (Å²) in [5, 5.41) is 69.5. The molecular weight excluding hydrogens is 468 g/mol. The molecule has 0 aromatic rings. The monoisotopic (exact) mass is 494 g/mol. The Morgan fingerprint density at radius 1 is 0.594 bits per heavy atom. The highest BCUT2D eigenvalue weighted by Gasteiger charge is 2.48. The molecule has 6 unspecified atom stereocenters. The van der Waals surface area contributed by atoms with Crippen molar-refractivity contribution in [3.63, 3.8) is 0 Å². The first-order valence-corrected chi connectivity index (χ1v) is 10.8. The molecule has 16 nitrogen and oxygen atoms in total. The van der Waals surface area contributed by atoms with Gasteiger partial charge >= 0.3 is 10.4 Å². The van der Waals surface area contributed by atoms with E-state index in [4.69, 9.17) is 28.2 Å². The Morgan fingerprint density at radius 2 is 1.00 bits per heavy atom. The first-order valence-electron chi connectivity index (χ1n) is 9.47. The van der Waals surface area contributed by atoms with E-state index in [1.54, 1.807) is 0 Å². The van der Waals surface area contributed by atoms with Crippen molar-refractivity contribution >= 4 is 10.4 Å². The number of hydrogen-bond acceptors (Lipinski definition) is 15. The van der Waals surface area contributed by atoms with E-state index in [-0.39, 0.29) is 6.61 Å². The zero-order chi connectivity index (χ0) is 23.8. The van der Waals surface area contributed by atoms with Crippen molar-refractivity contribution in [2.45, 2.75) is 73.8 Å². The fraction of sp³-hybridized carbons (Fsp3) is 1.00. The summed E-state index contributed by atoms with van der Waals surface area (Å²) >= 11 is 0. The molecule has 0 amide bonds. The van der Waals surface area contributed by atoms with E-state index in [0.29, 0.717) is 0 Å². The molecule has 17 heteroatoms. The topological polar surface area (TPSA) is 251 Å². The summed E-state index contributed by atoms with van der Waals surface area (Å²) in [5.41, 5.74) is 0. The molecule has 3 heterocycles. The maximum atomic E-state index is 10.8. The van der Waals surface area contributed by atoms with Crippen LogP contribution in [0, 0.1) is 0 Å². The van der Waals surface area contributed by atoms with Gasteiger partial charge in [0.1, 0.15) is 54.9 Å². The summed E-state index contributed by atoms with van der Waals surface area (Å²) in [4.78, 5) is 0. The standard InChI is InChI=1S/C15H26O16S/c16-7-4(1-26-13(22)10(7)19)29-14-11(20)8(17)5(2-27-14)30-15-12(21)9(18)6(3-28-15)31-32(23,24)25/h4-22H,1-3H2,(H,23,24,25)/t4-,5-,6-,7?,8?,9?,10?,11?,12?,13-,14+,15+/m1/s1. The SMILES string of the molecule is O=S(=O)(O)O[C@@H]1CO[C@@H](O[C@@H]2CO[C@@H](O[C@@H]3CO[C@@H](O)C(O)C3O)C(O)C2O)C(O)C1O. The Balaban J connectivity index is 1.54. The number of rotatable bonds is 6. The molecule has 3 fully saturated rings. The quantitative estimate of drug-likeness (QED) is 0.160. The lowest BCUT2D eigenvalue weighted by atomic mass is 10.0. The zero-order valence-corrected chi connectivity index (χ0v) is 17.1. The van der Waals surface area contributed by atoms with E-state index in [2.05, 4.69) is 4.18 Å². The van der Waals surface area contributed by atoms with Gasteiger partial charge in [-0.15, -0.1) is 0 Å². The van der Waals surface area contributed by atoms with E-state index in [0.717, 1.165) is 0 Å². The maximum Gasteiger partial charge on any atom is 0.397 e. The molecule has 0 spiro atoms. The summed E-state index contributed by atoms with van der Waals surface area (Å²) < 4.78 is 60.2. The molecule has 0 radical (unpaired) electrons. The van der Waals surface area contributed by atoms with Crippen LogP contribution in [-0.2, 0) is 38.3 Å². The Bertz CT molecular complexity index is 720.